The molecule has 1 aromatic heterocycles. The molecule has 1 rings (SSSR count). The van der Waals surface area contributed by atoms with Crippen LogP contribution in [0.5, 0.6) is 0 Å². The summed E-state index contributed by atoms with van der Waals surface area (Å²) in [6.45, 7) is 3.55. The number of rotatable bonds is 5. The van der Waals surface area contributed by atoms with Gasteiger partial charge in [-0.2, -0.15) is 0 Å². The Kier molecular flexibility index (Phi) is 4.87. The zero-order valence-electron chi connectivity index (χ0n) is 8.90. The smallest absolute Gasteiger partial charge is 0.267 e. The van der Waals surface area contributed by atoms with Crippen molar-refractivity contribution >= 4 is 37.3 Å². The summed E-state index contributed by atoms with van der Waals surface area (Å²) in [6.07, 6.45) is -0.141. The van der Waals surface area contributed by atoms with Gasteiger partial charge >= 0.3 is 0 Å². The summed E-state index contributed by atoms with van der Waals surface area (Å²) in [4.78, 5) is 3.94. The van der Waals surface area contributed by atoms with Gasteiger partial charge in [-0.15, -0.1) is 0 Å². The SMILES string of the molecule is Cc1nc(S(=O)(=O)NCCC(C)O)sc1Br. The Bertz CT molecular complexity index is 436. The fourth-order valence-electron chi connectivity index (χ4n) is 0.933. The van der Waals surface area contributed by atoms with Crippen molar-refractivity contribution in [3.8, 4) is 0 Å². The Hall–Kier alpha value is -0.0200. The van der Waals surface area contributed by atoms with Gasteiger partial charge in [-0.05, 0) is 36.2 Å². The van der Waals surface area contributed by atoms with Gasteiger partial charge in [0.15, 0.2) is 0 Å². The second-order valence-electron chi connectivity index (χ2n) is 3.37. The molecule has 0 spiro atoms. The fourth-order valence-corrected chi connectivity index (χ4v) is 3.97. The van der Waals surface area contributed by atoms with Crippen molar-refractivity contribution < 1.29 is 13.5 Å². The lowest BCUT2D eigenvalue weighted by atomic mass is 10.3. The third kappa shape index (κ3) is 3.77. The zero-order chi connectivity index (χ0) is 12.3. The number of sulfonamides is 1. The molecule has 1 heterocycles. The van der Waals surface area contributed by atoms with Crippen LogP contribution in [0.4, 0.5) is 0 Å². The summed E-state index contributed by atoms with van der Waals surface area (Å²) in [6, 6.07) is 0. The summed E-state index contributed by atoms with van der Waals surface area (Å²) in [5.74, 6) is 0. The quantitative estimate of drug-likeness (QED) is 0.852. The van der Waals surface area contributed by atoms with Crippen molar-refractivity contribution in [3.05, 3.63) is 9.48 Å². The fraction of sp³-hybridized carbons (Fsp3) is 0.625. The monoisotopic (exact) mass is 328 g/mol. The molecule has 8 heteroatoms. The van der Waals surface area contributed by atoms with Crippen LogP contribution in [-0.2, 0) is 10.0 Å². The van der Waals surface area contributed by atoms with Gasteiger partial charge in [0.05, 0.1) is 15.6 Å². The van der Waals surface area contributed by atoms with Gasteiger partial charge in [0.1, 0.15) is 0 Å². The van der Waals surface area contributed by atoms with E-state index in [2.05, 4.69) is 25.6 Å². The van der Waals surface area contributed by atoms with Crippen molar-refractivity contribution in [2.75, 3.05) is 6.54 Å². The first-order valence-electron chi connectivity index (χ1n) is 4.63. The Morgan fingerprint density at radius 3 is 2.69 bits per heavy atom. The molecule has 1 atom stereocenters. The molecule has 0 bridgehead atoms. The summed E-state index contributed by atoms with van der Waals surface area (Å²) in [5.41, 5.74) is 0.654. The second kappa shape index (κ2) is 5.54. The average molecular weight is 329 g/mol. The lowest BCUT2D eigenvalue weighted by Crippen LogP contribution is -2.26. The zero-order valence-corrected chi connectivity index (χ0v) is 12.1. The predicted octanol–water partition coefficient (Wildman–Crippen LogP) is 1.26. The van der Waals surface area contributed by atoms with E-state index in [1.54, 1.807) is 13.8 Å². The van der Waals surface area contributed by atoms with Gasteiger partial charge in [-0.25, -0.2) is 18.1 Å². The van der Waals surface area contributed by atoms with Crippen LogP contribution in [0.3, 0.4) is 0 Å². The maximum Gasteiger partial charge on any atom is 0.267 e. The number of thiazole rings is 1. The first-order valence-corrected chi connectivity index (χ1v) is 7.73. The summed E-state index contributed by atoms with van der Waals surface area (Å²) < 4.78 is 26.6. The maximum absolute atomic E-state index is 11.7. The van der Waals surface area contributed by atoms with Crippen molar-refractivity contribution in [1.29, 1.82) is 0 Å². The Morgan fingerprint density at radius 2 is 2.25 bits per heavy atom. The van der Waals surface area contributed by atoms with E-state index in [4.69, 9.17) is 5.11 Å². The van der Waals surface area contributed by atoms with Gasteiger partial charge in [0.25, 0.3) is 10.0 Å². The molecule has 1 aromatic rings. The van der Waals surface area contributed by atoms with E-state index in [0.29, 0.717) is 15.9 Å². The van der Waals surface area contributed by atoms with E-state index in [9.17, 15) is 8.42 Å². The molecule has 92 valence electrons. The molecule has 2 N–H and O–H groups in total. The molecule has 0 aromatic carbocycles. The number of nitrogens with zero attached hydrogens (tertiary/aromatic N) is 1. The van der Waals surface area contributed by atoms with Crippen LogP contribution in [-0.4, -0.2) is 31.2 Å². The molecule has 0 fully saturated rings. The van der Waals surface area contributed by atoms with Crippen LogP contribution < -0.4 is 4.72 Å². The first kappa shape index (κ1) is 14.0. The number of hydrogen-bond acceptors (Lipinski definition) is 5. The van der Waals surface area contributed by atoms with E-state index < -0.39 is 16.1 Å². The number of aromatic nitrogens is 1. The molecule has 1 unspecified atom stereocenters. The van der Waals surface area contributed by atoms with Crippen molar-refractivity contribution in [1.82, 2.24) is 9.71 Å². The van der Waals surface area contributed by atoms with Crippen LogP contribution in [0.1, 0.15) is 19.0 Å². The van der Waals surface area contributed by atoms with E-state index in [0.717, 1.165) is 11.3 Å². The van der Waals surface area contributed by atoms with Crippen LogP contribution >= 0.6 is 27.3 Å². The minimum atomic E-state index is -3.54. The lowest BCUT2D eigenvalue weighted by Gasteiger charge is -2.05. The number of halogens is 1. The highest BCUT2D eigenvalue weighted by Crippen LogP contribution is 2.26. The van der Waals surface area contributed by atoms with E-state index in [1.807, 2.05) is 0 Å². The van der Waals surface area contributed by atoms with Gasteiger partial charge in [-0.3, -0.25) is 0 Å². The highest BCUT2D eigenvalue weighted by Gasteiger charge is 2.19. The number of aryl methyl sites for hydroxylation is 1. The minimum absolute atomic E-state index is 0.0440. The number of hydrogen-bond donors (Lipinski definition) is 2. The Balaban J connectivity index is 2.71. The van der Waals surface area contributed by atoms with Crippen molar-refractivity contribution in [3.63, 3.8) is 0 Å². The van der Waals surface area contributed by atoms with E-state index in [1.165, 1.54) is 0 Å². The molecule has 0 saturated carbocycles. The molecular weight excluding hydrogens is 316 g/mol. The molecule has 5 nitrogen and oxygen atoms in total. The molecule has 0 amide bonds. The lowest BCUT2D eigenvalue weighted by molar-refractivity contribution is 0.186. The highest BCUT2D eigenvalue weighted by molar-refractivity contribution is 9.11. The predicted molar refractivity (Wildman–Crippen MR) is 66.0 cm³/mol. The molecule has 0 aliphatic carbocycles. The average Bonchev–Trinajstić information content (AvgIpc) is 2.46. The maximum atomic E-state index is 11.7. The third-order valence-electron chi connectivity index (χ3n) is 1.80. The van der Waals surface area contributed by atoms with E-state index in [-0.39, 0.29) is 10.9 Å². The highest BCUT2D eigenvalue weighted by atomic mass is 79.9. The summed E-state index contributed by atoms with van der Waals surface area (Å²) >= 11 is 4.30. The second-order valence-corrected chi connectivity index (χ2v) is 7.63. The Labute approximate surface area is 107 Å². The number of aliphatic hydroxyl groups is 1. The normalized spacial score (nSPS) is 14.0. The van der Waals surface area contributed by atoms with Gasteiger partial charge < -0.3 is 5.11 Å². The van der Waals surface area contributed by atoms with Crippen LogP contribution in [0.2, 0.25) is 0 Å². The van der Waals surface area contributed by atoms with Gasteiger partial charge in [0, 0.05) is 6.54 Å². The largest absolute Gasteiger partial charge is 0.393 e. The molecular formula is C8H13BrN2O3S2. The summed E-state index contributed by atoms with van der Waals surface area (Å²) in [5, 5.41) is 9.01. The molecule has 0 aliphatic rings. The van der Waals surface area contributed by atoms with Crippen LogP contribution in [0.15, 0.2) is 8.13 Å². The molecule has 0 aliphatic heterocycles. The van der Waals surface area contributed by atoms with Crippen LogP contribution in [0.25, 0.3) is 0 Å². The van der Waals surface area contributed by atoms with Gasteiger partial charge in [0.2, 0.25) is 4.34 Å². The van der Waals surface area contributed by atoms with Crippen LogP contribution in [0, 0.1) is 6.92 Å². The van der Waals surface area contributed by atoms with Gasteiger partial charge in [-0.1, -0.05) is 11.3 Å². The van der Waals surface area contributed by atoms with E-state index >= 15 is 0 Å². The number of aliphatic hydroxyl groups excluding tert-OH is 1. The molecule has 0 saturated heterocycles. The topological polar surface area (TPSA) is 79.3 Å². The first-order chi connectivity index (χ1) is 7.33. The Morgan fingerprint density at radius 1 is 1.62 bits per heavy atom. The van der Waals surface area contributed by atoms with Crippen molar-refractivity contribution in [2.24, 2.45) is 0 Å². The minimum Gasteiger partial charge on any atom is -0.393 e. The third-order valence-corrected chi connectivity index (χ3v) is 5.65. The molecule has 16 heavy (non-hydrogen) atoms. The molecule has 0 radical (unpaired) electrons. The summed E-state index contributed by atoms with van der Waals surface area (Å²) in [7, 11) is -3.54. The number of nitrogens with one attached hydrogen (secondary N) is 1. The van der Waals surface area contributed by atoms with Crippen molar-refractivity contribution in [2.45, 2.75) is 30.7 Å². The standard InChI is InChI=1S/C8H13BrN2O3S2/c1-5(12)3-4-10-16(13,14)8-11-6(2)7(9)15-8/h5,10,12H,3-4H2,1-2H3.